The Labute approximate surface area is 125 Å². The molecule has 3 rings (SSSR count). The van der Waals surface area contributed by atoms with Gasteiger partial charge in [-0.2, -0.15) is 15.6 Å². The molecule has 0 bridgehead atoms. The van der Waals surface area contributed by atoms with E-state index < -0.39 is 10.0 Å². The Morgan fingerprint density at radius 2 is 2.05 bits per heavy atom. The Kier molecular flexibility index (Phi) is 3.92. The minimum atomic E-state index is -3.09. The fourth-order valence-corrected chi connectivity index (χ4v) is 5.89. The van der Waals surface area contributed by atoms with Crippen LogP contribution >= 0.6 is 11.3 Å². The van der Waals surface area contributed by atoms with Gasteiger partial charge in [-0.3, -0.25) is 4.90 Å². The van der Waals surface area contributed by atoms with Crippen molar-refractivity contribution in [3.8, 4) is 0 Å². The third-order valence-electron chi connectivity index (χ3n) is 4.55. The van der Waals surface area contributed by atoms with Gasteiger partial charge in [-0.1, -0.05) is 0 Å². The standard InChI is InChI=1S/C14H22N2O2S2/c1-20(17,18)16-8-3-6-14(16)5-2-7-15(12-14)10-13-4-9-19-11-13/h4,9,11H,2-3,5-8,10,12H2,1H3. The Balaban J connectivity index is 1.77. The fourth-order valence-electron chi connectivity index (χ4n) is 3.82. The molecule has 2 fully saturated rings. The minimum Gasteiger partial charge on any atom is -0.297 e. The van der Waals surface area contributed by atoms with E-state index in [1.165, 1.54) is 11.8 Å². The molecular formula is C14H22N2O2S2. The zero-order valence-electron chi connectivity index (χ0n) is 11.9. The summed E-state index contributed by atoms with van der Waals surface area (Å²) in [7, 11) is -3.09. The van der Waals surface area contributed by atoms with E-state index in [-0.39, 0.29) is 5.54 Å². The van der Waals surface area contributed by atoms with Crippen molar-refractivity contribution in [3.63, 3.8) is 0 Å². The molecule has 4 nitrogen and oxygen atoms in total. The number of likely N-dealkylation sites (tertiary alicyclic amines) is 1. The third kappa shape index (κ3) is 2.79. The average molecular weight is 314 g/mol. The fraction of sp³-hybridized carbons (Fsp3) is 0.714. The summed E-state index contributed by atoms with van der Waals surface area (Å²) in [5.41, 5.74) is 1.21. The van der Waals surface area contributed by atoms with Gasteiger partial charge in [0.2, 0.25) is 10.0 Å². The summed E-state index contributed by atoms with van der Waals surface area (Å²) < 4.78 is 25.9. The van der Waals surface area contributed by atoms with Crippen LogP contribution in [0.3, 0.4) is 0 Å². The van der Waals surface area contributed by atoms with Gasteiger partial charge < -0.3 is 0 Å². The number of rotatable bonds is 3. The highest BCUT2D eigenvalue weighted by Gasteiger charge is 2.47. The van der Waals surface area contributed by atoms with Crippen LogP contribution in [0.1, 0.15) is 31.2 Å². The van der Waals surface area contributed by atoms with Crippen LogP contribution in [0.5, 0.6) is 0 Å². The highest BCUT2D eigenvalue weighted by Crippen LogP contribution is 2.39. The van der Waals surface area contributed by atoms with Gasteiger partial charge in [-0.15, -0.1) is 0 Å². The maximum atomic E-state index is 12.0. The predicted molar refractivity (Wildman–Crippen MR) is 82.3 cm³/mol. The first kappa shape index (κ1) is 14.5. The number of piperidine rings is 1. The molecule has 0 radical (unpaired) electrons. The van der Waals surface area contributed by atoms with Crippen molar-refractivity contribution in [2.75, 3.05) is 25.9 Å². The number of nitrogens with zero attached hydrogens (tertiary/aromatic N) is 2. The SMILES string of the molecule is CS(=O)(=O)N1CCCC12CCCN(Cc1ccsc1)C2. The van der Waals surface area contributed by atoms with Crippen LogP contribution in [0.2, 0.25) is 0 Å². The van der Waals surface area contributed by atoms with Crippen molar-refractivity contribution in [1.29, 1.82) is 0 Å². The van der Waals surface area contributed by atoms with Crippen LogP contribution in [0.15, 0.2) is 16.8 Å². The maximum absolute atomic E-state index is 12.0. The molecule has 112 valence electrons. The highest BCUT2D eigenvalue weighted by atomic mass is 32.2. The van der Waals surface area contributed by atoms with E-state index in [2.05, 4.69) is 21.7 Å². The third-order valence-corrected chi connectivity index (χ3v) is 6.66. The Bertz CT molecular complexity index is 556. The monoisotopic (exact) mass is 314 g/mol. The van der Waals surface area contributed by atoms with Gasteiger partial charge in [0, 0.05) is 25.2 Å². The Hall–Kier alpha value is -0.430. The molecule has 20 heavy (non-hydrogen) atoms. The molecule has 3 heterocycles. The molecule has 2 aliphatic rings. The van der Waals surface area contributed by atoms with Gasteiger partial charge in [-0.25, -0.2) is 8.42 Å². The van der Waals surface area contributed by atoms with Crippen molar-refractivity contribution in [2.45, 2.75) is 37.8 Å². The number of sulfonamides is 1. The van der Waals surface area contributed by atoms with Crippen molar-refractivity contribution in [3.05, 3.63) is 22.4 Å². The second-order valence-electron chi connectivity index (χ2n) is 6.11. The largest absolute Gasteiger partial charge is 0.297 e. The number of hydrogen-bond donors (Lipinski definition) is 0. The summed E-state index contributed by atoms with van der Waals surface area (Å²) >= 11 is 1.72. The van der Waals surface area contributed by atoms with E-state index in [4.69, 9.17) is 0 Å². The molecule has 2 saturated heterocycles. The lowest BCUT2D eigenvalue weighted by molar-refractivity contribution is 0.0842. The maximum Gasteiger partial charge on any atom is 0.211 e. The summed E-state index contributed by atoms with van der Waals surface area (Å²) in [4.78, 5) is 2.43. The van der Waals surface area contributed by atoms with E-state index in [0.29, 0.717) is 6.54 Å². The summed E-state index contributed by atoms with van der Waals surface area (Å²) in [5, 5.41) is 4.29. The lowest BCUT2D eigenvalue weighted by Crippen LogP contribution is -2.56. The van der Waals surface area contributed by atoms with Crippen molar-refractivity contribution < 1.29 is 8.42 Å². The molecular weight excluding hydrogens is 292 g/mol. The topological polar surface area (TPSA) is 40.6 Å². The molecule has 0 amide bonds. The van der Waals surface area contributed by atoms with Gasteiger partial charge in [0.05, 0.1) is 6.26 Å². The van der Waals surface area contributed by atoms with Crippen LogP contribution in [0, 0.1) is 0 Å². The van der Waals surface area contributed by atoms with Gasteiger partial charge >= 0.3 is 0 Å². The molecule has 1 atom stereocenters. The first-order valence-electron chi connectivity index (χ1n) is 7.21. The smallest absolute Gasteiger partial charge is 0.211 e. The van der Waals surface area contributed by atoms with Crippen molar-refractivity contribution in [2.24, 2.45) is 0 Å². The minimum absolute atomic E-state index is 0.137. The second kappa shape index (κ2) is 5.40. The van der Waals surface area contributed by atoms with E-state index in [0.717, 1.165) is 45.3 Å². The molecule has 0 saturated carbocycles. The molecule has 2 aliphatic heterocycles. The van der Waals surface area contributed by atoms with Crippen LogP contribution in [-0.4, -0.2) is 49.1 Å². The molecule has 1 unspecified atom stereocenters. The number of thiophene rings is 1. The zero-order chi connectivity index (χ0) is 14.2. The van der Waals surface area contributed by atoms with E-state index in [1.807, 2.05) is 0 Å². The van der Waals surface area contributed by atoms with Gasteiger partial charge in [0.1, 0.15) is 0 Å². The Morgan fingerprint density at radius 3 is 2.70 bits per heavy atom. The summed E-state index contributed by atoms with van der Waals surface area (Å²) in [6.07, 6.45) is 5.48. The van der Waals surface area contributed by atoms with E-state index >= 15 is 0 Å². The predicted octanol–water partition coefficient (Wildman–Crippen LogP) is 2.14. The van der Waals surface area contributed by atoms with Crippen LogP contribution in [0.4, 0.5) is 0 Å². The second-order valence-corrected chi connectivity index (χ2v) is 8.80. The van der Waals surface area contributed by atoms with Crippen molar-refractivity contribution >= 4 is 21.4 Å². The lowest BCUT2D eigenvalue weighted by atomic mass is 9.87. The first-order valence-corrected chi connectivity index (χ1v) is 10.0. The Morgan fingerprint density at radius 1 is 1.30 bits per heavy atom. The molecule has 1 aromatic rings. The van der Waals surface area contributed by atoms with Crippen LogP contribution in [0.25, 0.3) is 0 Å². The average Bonchev–Trinajstić information content (AvgIpc) is 2.99. The molecule has 6 heteroatoms. The van der Waals surface area contributed by atoms with E-state index in [1.54, 1.807) is 15.6 Å². The quantitative estimate of drug-likeness (QED) is 0.858. The molecule has 1 spiro atoms. The molecule has 0 N–H and O–H groups in total. The molecule has 1 aromatic heterocycles. The van der Waals surface area contributed by atoms with Crippen LogP contribution < -0.4 is 0 Å². The normalized spacial score (nSPS) is 29.2. The van der Waals surface area contributed by atoms with Crippen molar-refractivity contribution in [1.82, 2.24) is 9.21 Å². The molecule has 0 aliphatic carbocycles. The summed E-state index contributed by atoms with van der Waals surface area (Å²) in [5.74, 6) is 0. The lowest BCUT2D eigenvalue weighted by Gasteiger charge is -2.44. The van der Waals surface area contributed by atoms with Gasteiger partial charge in [-0.05, 0) is 54.6 Å². The highest BCUT2D eigenvalue weighted by molar-refractivity contribution is 7.88. The summed E-state index contributed by atoms with van der Waals surface area (Å²) in [6.45, 7) is 3.61. The zero-order valence-corrected chi connectivity index (χ0v) is 13.5. The summed E-state index contributed by atoms with van der Waals surface area (Å²) in [6, 6.07) is 2.16. The van der Waals surface area contributed by atoms with E-state index in [9.17, 15) is 8.42 Å². The van der Waals surface area contributed by atoms with Gasteiger partial charge in [0.25, 0.3) is 0 Å². The molecule has 0 aromatic carbocycles. The van der Waals surface area contributed by atoms with Crippen LogP contribution in [-0.2, 0) is 16.6 Å². The van der Waals surface area contributed by atoms with Gasteiger partial charge in [0.15, 0.2) is 0 Å². The first-order chi connectivity index (χ1) is 9.50. The number of hydrogen-bond acceptors (Lipinski definition) is 4.